The normalized spacial score (nSPS) is 41.9. The summed E-state index contributed by atoms with van der Waals surface area (Å²) in [4.78, 5) is 30.1. The Balaban J connectivity index is 1.47. The molecule has 0 aromatic carbocycles. The van der Waals surface area contributed by atoms with Crippen LogP contribution in [0.2, 0.25) is 0 Å². The summed E-state index contributed by atoms with van der Waals surface area (Å²) >= 11 is 0. The van der Waals surface area contributed by atoms with E-state index in [1.165, 1.54) is 0 Å². The zero-order valence-electron chi connectivity index (χ0n) is 12.2. The van der Waals surface area contributed by atoms with Crippen molar-refractivity contribution in [3.05, 3.63) is 0 Å². The summed E-state index contributed by atoms with van der Waals surface area (Å²) in [5, 5.41) is 3.36. The van der Waals surface area contributed by atoms with Crippen LogP contribution in [-0.2, 0) is 4.79 Å². The Labute approximate surface area is 119 Å². The van der Waals surface area contributed by atoms with E-state index in [-0.39, 0.29) is 23.0 Å². The highest BCUT2D eigenvalue weighted by Gasteiger charge is 2.74. The first-order chi connectivity index (χ1) is 9.47. The number of urea groups is 1. The quantitative estimate of drug-likeness (QED) is 0.764. The van der Waals surface area contributed by atoms with Crippen molar-refractivity contribution in [2.75, 3.05) is 33.2 Å². The molecule has 5 rings (SSSR count). The average molecular weight is 278 g/mol. The number of rotatable bonds is 2. The van der Waals surface area contributed by atoms with Crippen molar-refractivity contribution in [1.29, 1.82) is 0 Å². The molecule has 0 spiro atoms. The maximum absolute atomic E-state index is 12.6. The van der Waals surface area contributed by atoms with Gasteiger partial charge >= 0.3 is 6.03 Å². The van der Waals surface area contributed by atoms with Gasteiger partial charge in [-0.15, -0.1) is 0 Å². The minimum Gasteiger partial charge on any atom is -0.340 e. The van der Waals surface area contributed by atoms with Crippen molar-refractivity contribution in [1.82, 2.24) is 20.0 Å². The van der Waals surface area contributed by atoms with E-state index in [2.05, 4.69) is 10.2 Å². The van der Waals surface area contributed by atoms with Crippen LogP contribution in [-0.4, -0.2) is 77.0 Å². The Morgan fingerprint density at radius 1 is 1.40 bits per heavy atom. The van der Waals surface area contributed by atoms with Gasteiger partial charge in [-0.05, 0) is 19.3 Å². The predicted octanol–water partition coefficient (Wildman–Crippen LogP) is -0.151. The summed E-state index contributed by atoms with van der Waals surface area (Å²) in [7, 11) is 1.89. The van der Waals surface area contributed by atoms with E-state index in [9.17, 15) is 9.59 Å². The fourth-order valence-electron chi connectivity index (χ4n) is 4.67. The summed E-state index contributed by atoms with van der Waals surface area (Å²) in [6.07, 6.45) is 2.90. The average Bonchev–Trinajstić information content (AvgIpc) is 2.64. The molecular formula is C14H22N4O2. The number of fused-ring (bicyclic) bond motifs is 1. The van der Waals surface area contributed by atoms with E-state index < -0.39 is 0 Å². The molecule has 0 radical (unpaired) electrons. The molecular weight excluding hydrogens is 256 g/mol. The molecule has 0 aromatic rings. The van der Waals surface area contributed by atoms with E-state index in [0.29, 0.717) is 6.04 Å². The van der Waals surface area contributed by atoms with Crippen LogP contribution in [0.15, 0.2) is 0 Å². The molecule has 5 fully saturated rings. The van der Waals surface area contributed by atoms with E-state index in [4.69, 9.17) is 0 Å². The predicted molar refractivity (Wildman–Crippen MR) is 73.2 cm³/mol. The first kappa shape index (κ1) is 12.4. The molecule has 3 saturated carbocycles. The standard InChI is InChI=1S/C14H22N4O2/c1-10(19)16(2)13-7-14(8-13,9-13)18-6-11-5-15-3-4-17(11)12(18)20/h11,15H,3-9H2,1-2H3. The van der Waals surface area contributed by atoms with Gasteiger partial charge in [-0.1, -0.05) is 0 Å². The molecule has 20 heavy (non-hydrogen) atoms. The van der Waals surface area contributed by atoms with Gasteiger partial charge in [0.25, 0.3) is 0 Å². The molecule has 2 saturated heterocycles. The second-order valence-electron chi connectivity index (χ2n) is 7.00. The lowest BCUT2D eigenvalue weighted by Crippen LogP contribution is -2.83. The number of hydrogen-bond acceptors (Lipinski definition) is 3. The first-order valence-electron chi connectivity index (χ1n) is 7.51. The van der Waals surface area contributed by atoms with E-state index in [1.807, 2.05) is 16.8 Å². The third-order valence-corrected chi connectivity index (χ3v) is 5.95. The van der Waals surface area contributed by atoms with Crippen LogP contribution in [0.1, 0.15) is 26.2 Å². The highest BCUT2D eigenvalue weighted by Crippen LogP contribution is 2.66. The number of carbonyl (C=O) groups excluding carboxylic acids is 2. The third kappa shape index (κ3) is 1.33. The molecule has 2 aliphatic heterocycles. The molecule has 110 valence electrons. The van der Waals surface area contributed by atoms with E-state index in [1.54, 1.807) is 6.92 Å². The zero-order valence-corrected chi connectivity index (χ0v) is 12.2. The number of nitrogens with zero attached hydrogens (tertiary/aromatic N) is 3. The van der Waals surface area contributed by atoms with Crippen LogP contribution < -0.4 is 5.32 Å². The lowest BCUT2D eigenvalue weighted by Gasteiger charge is -2.75. The molecule has 3 amide bonds. The Bertz CT molecular complexity index is 472. The Morgan fingerprint density at radius 3 is 2.70 bits per heavy atom. The molecule has 2 bridgehead atoms. The van der Waals surface area contributed by atoms with Crippen LogP contribution in [0.25, 0.3) is 0 Å². The van der Waals surface area contributed by atoms with Gasteiger partial charge in [0, 0.05) is 45.7 Å². The van der Waals surface area contributed by atoms with Gasteiger partial charge in [0.15, 0.2) is 0 Å². The highest BCUT2D eigenvalue weighted by atomic mass is 16.2. The molecule has 2 heterocycles. The van der Waals surface area contributed by atoms with Gasteiger partial charge in [0.05, 0.1) is 11.6 Å². The molecule has 1 N–H and O–H groups in total. The maximum atomic E-state index is 12.6. The summed E-state index contributed by atoms with van der Waals surface area (Å²) in [6.45, 7) is 5.12. The fourth-order valence-corrected chi connectivity index (χ4v) is 4.67. The SMILES string of the molecule is CC(=O)N(C)C12CC(N3CC4CNCCN4C3=O)(C1)C2. The number of hydrogen-bond donors (Lipinski definition) is 1. The first-order valence-corrected chi connectivity index (χ1v) is 7.51. The lowest BCUT2D eigenvalue weighted by molar-refractivity contribution is -0.209. The van der Waals surface area contributed by atoms with E-state index in [0.717, 1.165) is 45.4 Å². The molecule has 1 atom stereocenters. The van der Waals surface area contributed by atoms with Crippen molar-refractivity contribution < 1.29 is 9.59 Å². The van der Waals surface area contributed by atoms with Gasteiger partial charge in [0.1, 0.15) is 0 Å². The summed E-state index contributed by atoms with van der Waals surface area (Å²) in [5.41, 5.74) is 0.103. The van der Waals surface area contributed by atoms with Gasteiger partial charge < -0.3 is 20.0 Å². The monoisotopic (exact) mass is 278 g/mol. The van der Waals surface area contributed by atoms with Crippen LogP contribution in [0.3, 0.4) is 0 Å². The highest BCUT2D eigenvalue weighted by molar-refractivity contribution is 5.80. The van der Waals surface area contributed by atoms with Crippen molar-refractivity contribution in [3.8, 4) is 0 Å². The molecule has 3 aliphatic carbocycles. The van der Waals surface area contributed by atoms with Crippen molar-refractivity contribution in [2.45, 2.75) is 43.3 Å². The zero-order chi connectivity index (χ0) is 14.1. The van der Waals surface area contributed by atoms with Crippen molar-refractivity contribution in [3.63, 3.8) is 0 Å². The van der Waals surface area contributed by atoms with Gasteiger partial charge in [-0.25, -0.2) is 4.79 Å². The van der Waals surface area contributed by atoms with Crippen LogP contribution in [0.5, 0.6) is 0 Å². The van der Waals surface area contributed by atoms with Crippen LogP contribution in [0.4, 0.5) is 4.79 Å². The van der Waals surface area contributed by atoms with Crippen molar-refractivity contribution >= 4 is 11.9 Å². The third-order valence-electron chi connectivity index (χ3n) is 5.95. The minimum atomic E-state index is 0.0491. The second-order valence-corrected chi connectivity index (χ2v) is 7.00. The number of piperazine rings is 1. The Hall–Kier alpha value is -1.30. The second kappa shape index (κ2) is 3.67. The van der Waals surface area contributed by atoms with Crippen LogP contribution in [0, 0.1) is 0 Å². The smallest absolute Gasteiger partial charge is 0.320 e. The maximum Gasteiger partial charge on any atom is 0.320 e. The Morgan fingerprint density at radius 2 is 2.10 bits per heavy atom. The lowest BCUT2D eigenvalue weighted by atomic mass is 9.42. The fraction of sp³-hybridized carbons (Fsp3) is 0.857. The number of nitrogens with one attached hydrogen (secondary N) is 1. The largest absolute Gasteiger partial charge is 0.340 e. The molecule has 1 unspecified atom stereocenters. The molecule has 0 aromatic heterocycles. The van der Waals surface area contributed by atoms with Gasteiger partial charge in [-0.3, -0.25) is 4.79 Å². The number of carbonyl (C=O) groups is 2. The number of amides is 3. The van der Waals surface area contributed by atoms with Gasteiger partial charge in [-0.2, -0.15) is 0 Å². The summed E-state index contributed by atoms with van der Waals surface area (Å²) in [5.74, 6) is 0.132. The van der Waals surface area contributed by atoms with Crippen LogP contribution >= 0.6 is 0 Å². The minimum absolute atomic E-state index is 0.0491. The molecule has 5 aliphatic rings. The topological polar surface area (TPSA) is 55.9 Å². The molecule has 6 heteroatoms. The van der Waals surface area contributed by atoms with E-state index >= 15 is 0 Å². The summed E-state index contributed by atoms with van der Waals surface area (Å²) < 4.78 is 0. The van der Waals surface area contributed by atoms with Gasteiger partial charge in [0.2, 0.25) is 5.91 Å². The summed E-state index contributed by atoms with van der Waals surface area (Å²) in [6, 6.07) is 0.557. The molecule has 6 nitrogen and oxygen atoms in total. The Kier molecular flexibility index (Phi) is 2.28. The van der Waals surface area contributed by atoms with Crippen molar-refractivity contribution in [2.24, 2.45) is 0 Å².